The van der Waals surface area contributed by atoms with Gasteiger partial charge < -0.3 is 19.2 Å². The number of rotatable bonds is 4. The summed E-state index contributed by atoms with van der Waals surface area (Å²) in [5.74, 6) is 1.90. The van der Waals surface area contributed by atoms with Crippen molar-refractivity contribution in [3.8, 4) is 0 Å². The van der Waals surface area contributed by atoms with Crippen LogP contribution in [0.4, 0.5) is 5.82 Å². The first-order valence-electron chi connectivity index (χ1n) is 10.8. The molecule has 2 aromatic heterocycles. The third-order valence-electron chi connectivity index (χ3n) is 6.33. The predicted molar refractivity (Wildman–Crippen MR) is 117 cm³/mol. The Morgan fingerprint density at radius 1 is 1.06 bits per heavy atom. The lowest BCUT2D eigenvalue weighted by Crippen LogP contribution is -2.53. The summed E-state index contributed by atoms with van der Waals surface area (Å²) >= 11 is 5.92. The van der Waals surface area contributed by atoms with Crippen LogP contribution >= 0.6 is 11.6 Å². The zero-order chi connectivity index (χ0) is 22.0. The summed E-state index contributed by atoms with van der Waals surface area (Å²) < 4.78 is 5.15. The zero-order valence-electron chi connectivity index (χ0n) is 18.0. The van der Waals surface area contributed by atoms with E-state index < -0.39 is 0 Å². The van der Waals surface area contributed by atoms with Crippen molar-refractivity contribution in [3.63, 3.8) is 0 Å². The lowest BCUT2D eigenvalue weighted by molar-refractivity contribution is -0.142. The van der Waals surface area contributed by atoms with E-state index in [1.165, 1.54) is 0 Å². The first kappa shape index (κ1) is 21.6. The van der Waals surface area contributed by atoms with Gasteiger partial charge in [-0.1, -0.05) is 16.8 Å². The number of aryl methyl sites for hydroxylation is 2. The van der Waals surface area contributed by atoms with Gasteiger partial charge in [0.05, 0.1) is 17.1 Å². The van der Waals surface area contributed by atoms with Gasteiger partial charge in [0, 0.05) is 56.9 Å². The standard InChI is InChI=1S/C22H28ClN5O3/c1-15-19(16(2)31-25-15)13-21(29)27-9-11-28(12-10-27)22(30)17-5-7-26(8-6-17)20-4-3-18(23)14-24-20/h3-4,14,17H,5-13H2,1-2H3. The Morgan fingerprint density at radius 3 is 2.32 bits per heavy atom. The predicted octanol–water partition coefficient (Wildman–Crippen LogP) is 2.47. The smallest absolute Gasteiger partial charge is 0.227 e. The fraction of sp³-hybridized carbons (Fsp3) is 0.545. The summed E-state index contributed by atoms with van der Waals surface area (Å²) in [4.78, 5) is 36.0. The molecule has 0 atom stereocenters. The number of amides is 2. The van der Waals surface area contributed by atoms with Crippen LogP contribution in [0, 0.1) is 19.8 Å². The van der Waals surface area contributed by atoms with Gasteiger partial charge in [-0.15, -0.1) is 0 Å². The number of piperidine rings is 1. The number of aromatic nitrogens is 2. The van der Waals surface area contributed by atoms with Crippen LogP contribution in [0.1, 0.15) is 29.9 Å². The van der Waals surface area contributed by atoms with Crippen LogP contribution in [0.3, 0.4) is 0 Å². The number of carbonyl (C=O) groups excluding carboxylic acids is 2. The Labute approximate surface area is 187 Å². The third-order valence-corrected chi connectivity index (χ3v) is 6.56. The van der Waals surface area contributed by atoms with Gasteiger partial charge in [-0.05, 0) is 38.8 Å². The molecular formula is C22H28ClN5O3. The number of piperazine rings is 1. The van der Waals surface area contributed by atoms with E-state index in [9.17, 15) is 9.59 Å². The Morgan fingerprint density at radius 2 is 1.74 bits per heavy atom. The lowest BCUT2D eigenvalue weighted by atomic mass is 9.95. The van der Waals surface area contributed by atoms with E-state index in [-0.39, 0.29) is 17.7 Å². The fourth-order valence-corrected chi connectivity index (χ4v) is 4.47. The van der Waals surface area contributed by atoms with Crippen LogP contribution in [0.15, 0.2) is 22.9 Å². The number of hydrogen-bond acceptors (Lipinski definition) is 6. The minimum absolute atomic E-state index is 0.0353. The summed E-state index contributed by atoms with van der Waals surface area (Å²) in [5, 5.41) is 4.54. The molecule has 9 heteroatoms. The molecule has 0 aliphatic carbocycles. The van der Waals surface area contributed by atoms with Crippen molar-refractivity contribution in [1.29, 1.82) is 0 Å². The molecule has 2 fully saturated rings. The highest BCUT2D eigenvalue weighted by atomic mass is 35.5. The first-order chi connectivity index (χ1) is 14.9. The van der Waals surface area contributed by atoms with Crippen LogP contribution in [0.5, 0.6) is 0 Å². The Hall–Kier alpha value is -2.61. The van der Waals surface area contributed by atoms with Crippen molar-refractivity contribution in [2.24, 2.45) is 5.92 Å². The highest BCUT2D eigenvalue weighted by Gasteiger charge is 2.32. The molecular weight excluding hydrogens is 418 g/mol. The van der Waals surface area contributed by atoms with Crippen molar-refractivity contribution < 1.29 is 14.1 Å². The quantitative estimate of drug-likeness (QED) is 0.719. The number of pyridine rings is 1. The van der Waals surface area contributed by atoms with Crippen molar-refractivity contribution in [3.05, 3.63) is 40.4 Å². The summed E-state index contributed by atoms with van der Waals surface area (Å²) in [6, 6.07) is 3.76. The summed E-state index contributed by atoms with van der Waals surface area (Å²) in [6.45, 7) is 7.61. The zero-order valence-corrected chi connectivity index (χ0v) is 18.8. The molecule has 4 heterocycles. The molecule has 166 valence electrons. The number of anilines is 1. The molecule has 0 saturated carbocycles. The van der Waals surface area contributed by atoms with E-state index in [0.29, 0.717) is 43.4 Å². The van der Waals surface area contributed by atoms with Crippen molar-refractivity contribution in [2.75, 3.05) is 44.2 Å². The average Bonchev–Trinajstić information content (AvgIpc) is 3.11. The Bertz CT molecular complexity index is 910. The maximum Gasteiger partial charge on any atom is 0.227 e. The molecule has 31 heavy (non-hydrogen) atoms. The van der Waals surface area contributed by atoms with E-state index in [2.05, 4.69) is 15.0 Å². The molecule has 0 N–H and O–H groups in total. The highest BCUT2D eigenvalue weighted by molar-refractivity contribution is 6.30. The fourth-order valence-electron chi connectivity index (χ4n) is 4.36. The first-order valence-corrected chi connectivity index (χ1v) is 11.1. The van der Waals surface area contributed by atoms with Gasteiger partial charge in [0.2, 0.25) is 11.8 Å². The molecule has 2 amide bonds. The van der Waals surface area contributed by atoms with E-state index >= 15 is 0 Å². The SMILES string of the molecule is Cc1noc(C)c1CC(=O)N1CCN(C(=O)C2CCN(c3ccc(Cl)cn3)CC2)CC1. The van der Waals surface area contributed by atoms with Gasteiger partial charge >= 0.3 is 0 Å². The van der Waals surface area contributed by atoms with E-state index in [1.807, 2.05) is 35.8 Å². The Balaban J connectivity index is 1.25. The number of hydrogen-bond donors (Lipinski definition) is 0. The molecule has 4 rings (SSSR count). The molecule has 8 nitrogen and oxygen atoms in total. The van der Waals surface area contributed by atoms with Gasteiger partial charge in [0.25, 0.3) is 0 Å². The largest absolute Gasteiger partial charge is 0.361 e. The topological polar surface area (TPSA) is 82.8 Å². The summed E-state index contributed by atoms with van der Waals surface area (Å²) in [6.07, 6.45) is 3.58. The van der Waals surface area contributed by atoms with Gasteiger partial charge in [0.1, 0.15) is 11.6 Å². The molecule has 0 unspecified atom stereocenters. The second kappa shape index (κ2) is 9.26. The molecule has 2 aliphatic rings. The van der Waals surface area contributed by atoms with Crippen LogP contribution in [-0.2, 0) is 16.0 Å². The van der Waals surface area contributed by atoms with Crippen molar-refractivity contribution in [2.45, 2.75) is 33.1 Å². The molecule has 0 aromatic carbocycles. The second-order valence-electron chi connectivity index (χ2n) is 8.28. The molecule has 2 saturated heterocycles. The minimum Gasteiger partial charge on any atom is -0.361 e. The van der Waals surface area contributed by atoms with E-state index in [4.69, 9.17) is 16.1 Å². The number of nitrogens with zero attached hydrogens (tertiary/aromatic N) is 5. The molecule has 0 bridgehead atoms. The molecule has 2 aliphatic heterocycles. The van der Waals surface area contributed by atoms with E-state index in [1.54, 1.807) is 6.20 Å². The summed E-state index contributed by atoms with van der Waals surface area (Å²) in [7, 11) is 0. The van der Waals surface area contributed by atoms with Crippen LogP contribution in [0.25, 0.3) is 0 Å². The second-order valence-corrected chi connectivity index (χ2v) is 8.72. The van der Waals surface area contributed by atoms with Crippen LogP contribution < -0.4 is 4.90 Å². The number of halogens is 1. The molecule has 2 aromatic rings. The highest BCUT2D eigenvalue weighted by Crippen LogP contribution is 2.25. The normalized spacial score (nSPS) is 17.8. The van der Waals surface area contributed by atoms with Crippen LogP contribution in [0.2, 0.25) is 5.02 Å². The minimum atomic E-state index is 0.0353. The average molecular weight is 446 g/mol. The maximum absolute atomic E-state index is 13.0. The Kier molecular flexibility index (Phi) is 6.46. The van der Waals surface area contributed by atoms with Gasteiger partial charge in [-0.25, -0.2) is 4.98 Å². The third kappa shape index (κ3) is 4.84. The van der Waals surface area contributed by atoms with Crippen molar-refractivity contribution >= 4 is 29.2 Å². The van der Waals surface area contributed by atoms with E-state index in [0.717, 1.165) is 43.0 Å². The maximum atomic E-state index is 13.0. The number of carbonyl (C=O) groups is 2. The summed E-state index contributed by atoms with van der Waals surface area (Å²) in [5.41, 5.74) is 1.63. The van der Waals surface area contributed by atoms with Crippen molar-refractivity contribution in [1.82, 2.24) is 19.9 Å². The van der Waals surface area contributed by atoms with Gasteiger partial charge in [-0.3, -0.25) is 9.59 Å². The van der Waals surface area contributed by atoms with Gasteiger partial charge in [-0.2, -0.15) is 0 Å². The molecule has 0 radical (unpaired) electrons. The molecule has 0 spiro atoms. The monoisotopic (exact) mass is 445 g/mol. The van der Waals surface area contributed by atoms with Crippen LogP contribution in [-0.4, -0.2) is 71.0 Å². The van der Waals surface area contributed by atoms with Gasteiger partial charge in [0.15, 0.2) is 0 Å². The lowest BCUT2D eigenvalue weighted by Gasteiger charge is -2.38.